The summed E-state index contributed by atoms with van der Waals surface area (Å²) in [5.74, 6) is 0.608. The van der Waals surface area contributed by atoms with Crippen molar-refractivity contribution in [2.75, 3.05) is 20.8 Å². The van der Waals surface area contributed by atoms with Gasteiger partial charge in [-0.2, -0.15) is 0 Å². The summed E-state index contributed by atoms with van der Waals surface area (Å²) in [7, 11) is 3.15. The number of hydrogen-bond acceptors (Lipinski definition) is 5. The van der Waals surface area contributed by atoms with Crippen LogP contribution in [0.1, 0.15) is 28.8 Å². The minimum absolute atomic E-state index is 0.190. The van der Waals surface area contributed by atoms with E-state index in [1.807, 2.05) is 24.3 Å². The third kappa shape index (κ3) is 5.00. The molecular formula is C21H23NO5. The fraction of sp³-hybridized carbons (Fsp3) is 0.333. The van der Waals surface area contributed by atoms with Crippen molar-refractivity contribution in [2.45, 2.75) is 25.4 Å². The summed E-state index contributed by atoms with van der Waals surface area (Å²) in [4.78, 5) is 26.6. The first-order chi connectivity index (χ1) is 13.1. The minimum Gasteiger partial charge on any atom is -0.497 e. The molecule has 1 amide bonds. The molecule has 27 heavy (non-hydrogen) atoms. The molecule has 0 radical (unpaired) electrons. The van der Waals surface area contributed by atoms with Crippen molar-refractivity contribution in [2.24, 2.45) is 0 Å². The van der Waals surface area contributed by atoms with Crippen LogP contribution >= 0.6 is 0 Å². The molecule has 2 aromatic rings. The minimum atomic E-state index is -0.539. The monoisotopic (exact) mass is 369 g/mol. The van der Waals surface area contributed by atoms with Crippen LogP contribution in [0.5, 0.6) is 11.5 Å². The van der Waals surface area contributed by atoms with Gasteiger partial charge in [0.2, 0.25) is 0 Å². The molecule has 6 heteroatoms. The zero-order valence-corrected chi connectivity index (χ0v) is 15.5. The molecule has 142 valence electrons. The van der Waals surface area contributed by atoms with Gasteiger partial charge in [0.15, 0.2) is 6.61 Å². The number of ether oxygens (including phenoxy) is 3. The van der Waals surface area contributed by atoms with Crippen molar-refractivity contribution in [3.05, 3.63) is 59.7 Å². The number of hydrogen-bond donors (Lipinski definition) is 0. The van der Waals surface area contributed by atoms with Crippen LogP contribution in [0.15, 0.2) is 48.5 Å². The Labute approximate surface area is 158 Å². The maximum atomic E-state index is 12.6. The van der Waals surface area contributed by atoms with E-state index >= 15 is 0 Å². The van der Waals surface area contributed by atoms with E-state index in [2.05, 4.69) is 0 Å². The molecule has 1 saturated carbocycles. The van der Waals surface area contributed by atoms with Gasteiger partial charge in [0.25, 0.3) is 5.91 Å². The SMILES string of the molecule is COc1ccc(CN(C(=O)COC(=O)c2cccc(OC)c2)C2CC2)cc1. The lowest BCUT2D eigenvalue weighted by Crippen LogP contribution is -2.36. The van der Waals surface area contributed by atoms with E-state index in [9.17, 15) is 9.59 Å². The molecule has 0 atom stereocenters. The highest BCUT2D eigenvalue weighted by Crippen LogP contribution is 2.29. The van der Waals surface area contributed by atoms with Crippen LogP contribution in [-0.4, -0.2) is 43.6 Å². The Kier molecular flexibility index (Phi) is 5.96. The highest BCUT2D eigenvalue weighted by atomic mass is 16.5. The highest BCUT2D eigenvalue weighted by molar-refractivity contribution is 5.91. The van der Waals surface area contributed by atoms with Crippen LogP contribution in [0.2, 0.25) is 0 Å². The summed E-state index contributed by atoms with van der Waals surface area (Å²) in [6, 6.07) is 14.5. The molecule has 1 fully saturated rings. The lowest BCUT2D eigenvalue weighted by Gasteiger charge is -2.22. The average Bonchev–Trinajstić information content (AvgIpc) is 3.55. The number of carbonyl (C=O) groups is 2. The third-order valence-electron chi connectivity index (χ3n) is 4.45. The molecule has 0 heterocycles. The quantitative estimate of drug-likeness (QED) is 0.669. The molecule has 0 aromatic heterocycles. The first-order valence-corrected chi connectivity index (χ1v) is 8.84. The first-order valence-electron chi connectivity index (χ1n) is 8.84. The highest BCUT2D eigenvalue weighted by Gasteiger charge is 2.33. The van der Waals surface area contributed by atoms with E-state index < -0.39 is 5.97 Å². The standard InChI is InChI=1S/C21H23NO5/c1-25-18-10-6-15(7-11-18)13-22(17-8-9-17)20(23)14-27-21(24)16-4-3-5-19(12-16)26-2/h3-7,10-12,17H,8-9,13-14H2,1-2H3. The molecule has 0 spiro atoms. The van der Waals surface area contributed by atoms with E-state index in [0.717, 1.165) is 24.2 Å². The maximum absolute atomic E-state index is 12.6. The number of amides is 1. The van der Waals surface area contributed by atoms with E-state index in [0.29, 0.717) is 17.9 Å². The van der Waals surface area contributed by atoms with Crippen molar-refractivity contribution >= 4 is 11.9 Å². The first kappa shape index (κ1) is 18.8. The predicted molar refractivity (Wildman–Crippen MR) is 99.8 cm³/mol. The van der Waals surface area contributed by atoms with Gasteiger partial charge in [-0.3, -0.25) is 4.79 Å². The summed E-state index contributed by atoms with van der Waals surface area (Å²) in [5.41, 5.74) is 1.37. The second kappa shape index (κ2) is 8.58. The number of nitrogens with zero attached hydrogens (tertiary/aromatic N) is 1. The van der Waals surface area contributed by atoms with Crippen LogP contribution < -0.4 is 9.47 Å². The Balaban J connectivity index is 1.59. The molecule has 0 saturated heterocycles. The van der Waals surface area contributed by atoms with Crippen molar-refractivity contribution in [3.8, 4) is 11.5 Å². The Bertz CT molecular complexity index is 798. The second-order valence-electron chi connectivity index (χ2n) is 6.41. The number of esters is 1. The molecule has 0 aliphatic heterocycles. The molecule has 1 aliphatic rings. The van der Waals surface area contributed by atoms with Crippen LogP contribution in [0.25, 0.3) is 0 Å². The Hall–Kier alpha value is -3.02. The van der Waals surface area contributed by atoms with Crippen LogP contribution in [0.3, 0.4) is 0 Å². The van der Waals surface area contributed by atoms with Gasteiger partial charge < -0.3 is 19.1 Å². The van der Waals surface area contributed by atoms with Crippen molar-refractivity contribution in [1.29, 1.82) is 0 Å². The number of methoxy groups -OCH3 is 2. The lowest BCUT2D eigenvalue weighted by molar-refractivity contribution is -0.135. The van der Waals surface area contributed by atoms with E-state index in [1.165, 1.54) is 7.11 Å². The molecule has 3 rings (SSSR count). The second-order valence-corrected chi connectivity index (χ2v) is 6.41. The zero-order chi connectivity index (χ0) is 19.2. The number of carbonyl (C=O) groups excluding carboxylic acids is 2. The number of benzene rings is 2. The Morgan fingerprint density at radius 1 is 1.00 bits per heavy atom. The van der Waals surface area contributed by atoms with Gasteiger partial charge in [-0.1, -0.05) is 18.2 Å². The summed E-state index contributed by atoms with van der Waals surface area (Å²) in [6.07, 6.45) is 1.96. The number of rotatable bonds is 8. The van der Waals surface area contributed by atoms with Crippen LogP contribution in [-0.2, 0) is 16.1 Å². The van der Waals surface area contributed by atoms with E-state index in [1.54, 1.807) is 36.3 Å². The van der Waals surface area contributed by atoms with Gasteiger partial charge in [0, 0.05) is 12.6 Å². The molecule has 0 N–H and O–H groups in total. The van der Waals surface area contributed by atoms with Gasteiger partial charge in [-0.15, -0.1) is 0 Å². The lowest BCUT2D eigenvalue weighted by atomic mass is 10.2. The van der Waals surface area contributed by atoms with Gasteiger partial charge in [-0.05, 0) is 48.7 Å². The Morgan fingerprint density at radius 2 is 1.70 bits per heavy atom. The van der Waals surface area contributed by atoms with Gasteiger partial charge in [-0.25, -0.2) is 4.79 Å². The normalized spacial score (nSPS) is 13.0. The van der Waals surface area contributed by atoms with Crippen molar-refractivity contribution in [3.63, 3.8) is 0 Å². The summed E-state index contributed by atoms with van der Waals surface area (Å²) in [5, 5.41) is 0. The van der Waals surface area contributed by atoms with Crippen molar-refractivity contribution in [1.82, 2.24) is 4.90 Å². The molecule has 0 bridgehead atoms. The average molecular weight is 369 g/mol. The van der Waals surface area contributed by atoms with Gasteiger partial charge in [0.1, 0.15) is 11.5 Å². The predicted octanol–water partition coefficient (Wildman–Crippen LogP) is 3.05. The molecule has 1 aliphatic carbocycles. The maximum Gasteiger partial charge on any atom is 0.338 e. The Morgan fingerprint density at radius 3 is 2.33 bits per heavy atom. The molecule has 0 unspecified atom stereocenters. The van der Waals surface area contributed by atoms with Gasteiger partial charge in [0.05, 0.1) is 19.8 Å². The molecular weight excluding hydrogens is 346 g/mol. The van der Waals surface area contributed by atoms with Crippen molar-refractivity contribution < 1.29 is 23.8 Å². The largest absolute Gasteiger partial charge is 0.497 e. The van der Waals surface area contributed by atoms with Gasteiger partial charge >= 0.3 is 5.97 Å². The van der Waals surface area contributed by atoms with E-state index in [-0.39, 0.29) is 18.6 Å². The summed E-state index contributed by atoms with van der Waals surface area (Å²) in [6.45, 7) is 0.215. The van der Waals surface area contributed by atoms with E-state index in [4.69, 9.17) is 14.2 Å². The smallest absolute Gasteiger partial charge is 0.338 e. The molecule has 6 nitrogen and oxygen atoms in total. The fourth-order valence-electron chi connectivity index (χ4n) is 2.78. The summed E-state index contributed by atoms with van der Waals surface area (Å²) >= 11 is 0. The third-order valence-corrected chi connectivity index (χ3v) is 4.45. The van der Waals surface area contributed by atoms with Crippen LogP contribution in [0, 0.1) is 0 Å². The topological polar surface area (TPSA) is 65.1 Å². The van der Waals surface area contributed by atoms with Crippen LogP contribution in [0.4, 0.5) is 0 Å². The fourth-order valence-corrected chi connectivity index (χ4v) is 2.78. The molecule has 2 aromatic carbocycles. The summed E-state index contributed by atoms with van der Waals surface area (Å²) < 4.78 is 15.5. The zero-order valence-electron chi connectivity index (χ0n) is 15.5.